The second-order valence-electron chi connectivity index (χ2n) is 5.48. The number of halogens is 1. The molecule has 1 aromatic rings. The minimum Gasteiger partial charge on any atom is -0.334 e. The van der Waals surface area contributed by atoms with Crippen LogP contribution in [0.15, 0.2) is 28.7 Å². The molecular weight excluding hydrogens is 292 g/mol. The number of nitrogens with zero attached hydrogens (tertiary/aromatic N) is 1. The maximum Gasteiger partial charge on any atom is 0.242 e. The second kappa shape index (κ2) is 5.02. The van der Waals surface area contributed by atoms with Gasteiger partial charge in [-0.05, 0) is 38.3 Å². The SMILES string of the molecule is CC(C)(N)C(=O)N(Cc1ccccc1Br)C1CC1. The van der Waals surface area contributed by atoms with Crippen LogP contribution < -0.4 is 5.73 Å². The lowest BCUT2D eigenvalue weighted by Gasteiger charge is -2.29. The highest BCUT2D eigenvalue weighted by atomic mass is 79.9. The zero-order valence-corrected chi connectivity index (χ0v) is 12.4. The maximum absolute atomic E-state index is 12.3. The largest absolute Gasteiger partial charge is 0.334 e. The van der Waals surface area contributed by atoms with Crippen LogP contribution in [0, 0.1) is 0 Å². The molecule has 1 saturated carbocycles. The fourth-order valence-corrected chi connectivity index (χ4v) is 2.34. The van der Waals surface area contributed by atoms with Gasteiger partial charge in [0.1, 0.15) is 0 Å². The van der Waals surface area contributed by atoms with Gasteiger partial charge in [-0.1, -0.05) is 34.1 Å². The average molecular weight is 311 g/mol. The van der Waals surface area contributed by atoms with Gasteiger partial charge in [-0.15, -0.1) is 0 Å². The first-order valence-electron chi connectivity index (χ1n) is 6.23. The molecule has 4 heteroatoms. The molecule has 2 N–H and O–H groups in total. The molecule has 0 heterocycles. The number of benzene rings is 1. The van der Waals surface area contributed by atoms with Crippen molar-refractivity contribution in [3.05, 3.63) is 34.3 Å². The van der Waals surface area contributed by atoms with E-state index in [1.54, 1.807) is 13.8 Å². The van der Waals surface area contributed by atoms with Crippen molar-refractivity contribution in [2.75, 3.05) is 0 Å². The van der Waals surface area contributed by atoms with Gasteiger partial charge in [0.25, 0.3) is 0 Å². The standard InChI is InChI=1S/C14H19BrN2O/c1-14(2,16)13(18)17(11-7-8-11)9-10-5-3-4-6-12(10)15/h3-6,11H,7-9,16H2,1-2H3. The van der Waals surface area contributed by atoms with E-state index >= 15 is 0 Å². The van der Waals surface area contributed by atoms with E-state index in [1.165, 1.54) is 0 Å². The number of carbonyl (C=O) groups excluding carboxylic acids is 1. The summed E-state index contributed by atoms with van der Waals surface area (Å²) in [5, 5.41) is 0. The van der Waals surface area contributed by atoms with E-state index in [9.17, 15) is 4.79 Å². The number of rotatable bonds is 4. The molecule has 0 aliphatic heterocycles. The molecule has 98 valence electrons. The molecule has 0 aromatic heterocycles. The summed E-state index contributed by atoms with van der Waals surface area (Å²) in [4.78, 5) is 14.3. The molecular formula is C14H19BrN2O. The smallest absolute Gasteiger partial charge is 0.242 e. The van der Waals surface area contributed by atoms with Crippen molar-refractivity contribution in [2.45, 2.75) is 44.8 Å². The summed E-state index contributed by atoms with van der Waals surface area (Å²) in [5.41, 5.74) is 6.26. The third kappa shape index (κ3) is 3.12. The number of carbonyl (C=O) groups is 1. The molecule has 2 rings (SSSR count). The third-order valence-corrected chi connectivity index (χ3v) is 3.87. The van der Waals surface area contributed by atoms with E-state index in [4.69, 9.17) is 5.73 Å². The van der Waals surface area contributed by atoms with E-state index < -0.39 is 5.54 Å². The summed E-state index contributed by atoms with van der Waals surface area (Å²) in [6.45, 7) is 4.17. The van der Waals surface area contributed by atoms with Crippen molar-refractivity contribution in [3.8, 4) is 0 Å². The van der Waals surface area contributed by atoms with Crippen LogP contribution in [0.5, 0.6) is 0 Å². The monoisotopic (exact) mass is 310 g/mol. The predicted octanol–water partition coefficient (Wildman–Crippen LogP) is 2.68. The van der Waals surface area contributed by atoms with E-state index in [1.807, 2.05) is 29.2 Å². The lowest BCUT2D eigenvalue weighted by molar-refractivity contribution is -0.137. The van der Waals surface area contributed by atoms with Crippen LogP contribution in [-0.2, 0) is 11.3 Å². The van der Waals surface area contributed by atoms with Crippen molar-refractivity contribution in [1.82, 2.24) is 4.90 Å². The van der Waals surface area contributed by atoms with Gasteiger partial charge in [-0.2, -0.15) is 0 Å². The minimum atomic E-state index is -0.802. The summed E-state index contributed by atoms with van der Waals surface area (Å²) in [5.74, 6) is 0.0285. The maximum atomic E-state index is 12.3. The molecule has 0 saturated heterocycles. The van der Waals surface area contributed by atoms with E-state index in [0.29, 0.717) is 12.6 Å². The van der Waals surface area contributed by atoms with Gasteiger partial charge in [0.2, 0.25) is 5.91 Å². The number of nitrogens with two attached hydrogens (primary N) is 1. The first-order chi connectivity index (χ1) is 8.39. The van der Waals surface area contributed by atoms with Crippen LogP contribution in [0.3, 0.4) is 0 Å². The zero-order valence-electron chi connectivity index (χ0n) is 10.8. The van der Waals surface area contributed by atoms with Gasteiger partial charge >= 0.3 is 0 Å². The molecule has 0 spiro atoms. The first-order valence-corrected chi connectivity index (χ1v) is 7.02. The molecule has 1 fully saturated rings. The first kappa shape index (κ1) is 13.6. The Morgan fingerprint density at radius 1 is 1.44 bits per heavy atom. The predicted molar refractivity (Wildman–Crippen MR) is 76.0 cm³/mol. The highest BCUT2D eigenvalue weighted by Crippen LogP contribution is 2.31. The fraction of sp³-hybridized carbons (Fsp3) is 0.500. The summed E-state index contributed by atoms with van der Waals surface area (Å²) < 4.78 is 1.04. The number of hydrogen-bond acceptors (Lipinski definition) is 2. The Labute approximate surface area is 116 Å². The molecule has 0 radical (unpaired) electrons. The molecule has 1 amide bonds. The van der Waals surface area contributed by atoms with Crippen molar-refractivity contribution in [2.24, 2.45) is 5.73 Å². The Bertz CT molecular complexity index is 449. The molecule has 0 unspecified atom stereocenters. The van der Waals surface area contributed by atoms with Crippen molar-refractivity contribution in [3.63, 3.8) is 0 Å². The highest BCUT2D eigenvalue weighted by molar-refractivity contribution is 9.10. The number of hydrogen-bond donors (Lipinski definition) is 1. The lowest BCUT2D eigenvalue weighted by Crippen LogP contribution is -2.51. The van der Waals surface area contributed by atoms with Crippen molar-refractivity contribution < 1.29 is 4.79 Å². The van der Waals surface area contributed by atoms with Crippen molar-refractivity contribution in [1.29, 1.82) is 0 Å². The van der Waals surface area contributed by atoms with Gasteiger partial charge in [0.15, 0.2) is 0 Å². The Morgan fingerprint density at radius 2 is 2.06 bits per heavy atom. The van der Waals surface area contributed by atoms with E-state index in [2.05, 4.69) is 15.9 Å². The highest BCUT2D eigenvalue weighted by Gasteiger charge is 2.37. The van der Waals surface area contributed by atoms with Crippen LogP contribution in [0.2, 0.25) is 0 Å². The Balaban J connectivity index is 2.17. The van der Waals surface area contributed by atoms with Gasteiger partial charge in [0, 0.05) is 17.1 Å². The third-order valence-electron chi connectivity index (χ3n) is 3.10. The van der Waals surface area contributed by atoms with E-state index in [-0.39, 0.29) is 5.91 Å². The molecule has 1 aliphatic carbocycles. The number of amides is 1. The molecule has 1 aromatic carbocycles. The van der Waals surface area contributed by atoms with Crippen molar-refractivity contribution >= 4 is 21.8 Å². The van der Waals surface area contributed by atoms with E-state index in [0.717, 1.165) is 22.9 Å². The Kier molecular flexibility index (Phi) is 3.78. The quantitative estimate of drug-likeness (QED) is 0.929. The van der Waals surface area contributed by atoms with Crippen LogP contribution in [0.4, 0.5) is 0 Å². The summed E-state index contributed by atoms with van der Waals surface area (Å²) in [6.07, 6.45) is 2.18. The average Bonchev–Trinajstić information content (AvgIpc) is 3.10. The van der Waals surface area contributed by atoms with Crippen LogP contribution in [-0.4, -0.2) is 22.4 Å². The normalized spacial score (nSPS) is 15.6. The molecule has 18 heavy (non-hydrogen) atoms. The molecule has 1 aliphatic rings. The Morgan fingerprint density at radius 3 is 2.56 bits per heavy atom. The summed E-state index contributed by atoms with van der Waals surface area (Å²) >= 11 is 3.52. The van der Waals surface area contributed by atoms with Crippen LogP contribution in [0.1, 0.15) is 32.3 Å². The van der Waals surface area contributed by atoms with Crippen LogP contribution in [0.25, 0.3) is 0 Å². The minimum absolute atomic E-state index is 0.0285. The summed E-state index contributed by atoms with van der Waals surface area (Å²) in [7, 11) is 0. The van der Waals surface area contributed by atoms with Gasteiger partial charge in [-0.3, -0.25) is 4.79 Å². The fourth-order valence-electron chi connectivity index (χ4n) is 1.93. The second-order valence-corrected chi connectivity index (χ2v) is 6.33. The molecule has 3 nitrogen and oxygen atoms in total. The lowest BCUT2D eigenvalue weighted by atomic mass is 10.0. The topological polar surface area (TPSA) is 46.3 Å². The molecule has 0 bridgehead atoms. The zero-order chi connectivity index (χ0) is 13.3. The van der Waals surface area contributed by atoms with Gasteiger partial charge in [-0.25, -0.2) is 0 Å². The van der Waals surface area contributed by atoms with Gasteiger partial charge in [0.05, 0.1) is 5.54 Å². The van der Waals surface area contributed by atoms with Crippen LogP contribution >= 0.6 is 15.9 Å². The molecule has 0 atom stereocenters. The Hall–Kier alpha value is -0.870. The van der Waals surface area contributed by atoms with Gasteiger partial charge < -0.3 is 10.6 Å². The summed E-state index contributed by atoms with van der Waals surface area (Å²) in [6, 6.07) is 8.37.